The summed E-state index contributed by atoms with van der Waals surface area (Å²) in [4.78, 5) is 29.8. The van der Waals surface area contributed by atoms with Gasteiger partial charge >= 0.3 is 6.03 Å². The molecule has 3 amide bonds. The summed E-state index contributed by atoms with van der Waals surface area (Å²) >= 11 is 0. The zero-order chi connectivity index (χ0) is 18.4. The third-order valence-electron chi connectivity index (χ3n) is 3.76. The van der Waals surface area contributed by atoms with Crippen molar-refractivity contribution in [3.05, 3.63) is 59.9 Å². The molecule has 6 nitrogen and oxygen atoms in total. The lowest BCUT2D eigenvalue weighted by Crippen LogP contribution is -2.35. The molecule has 0 saturated carbocycles. The number of carbonyl (C=O) groups excluding carboxylic acids is 2. The largest absolute Gasteiger partial charge is 0.343 e. The van der Waals surface area contributed by atoms with Gasteiger partial charge in [-0.2, -0.15) is 0 Å². The summed E-state index contributed by atoms with van der Waals surface area (Å²) in [5, 5.41) is 5.76. The number of carbonyl (C=O) groups is 2. The van der Waals surface area contributed by atoms with Crippen molar-refractivity contribution < 1.29 is 9.59 Å². The Morgan fingerprint density at radius 2 is 1.76 bits per heavy atom. The molecule has 0 aliphatic heterocycles. The van der Waals surface area contributed by atoms with Crippen LogP contribution in [0.1, 0.15) is 35.9 Å². The van der Waals surface area contributed by atoms with Gasteiger partial charge in [-0.05, 0) is 23.6 Å². The number of anilines is 1. The Kier molecular flexibility index (Phi) is 6.11. The van der Waals surface area contributed by atoms with E-state index >= 15 is 0 Å². The highest BCUT2D eigenvalue weighted by Gasteiger charge is 2.18. The second kappa shape index (κ2) is 8.28. The number of amides is 3. The van der Waals surface area contributed by atoms with Gasteiger partial charge in [0.2, 0.25) is 0 Å². The van der Waals surface area contributed by atoms with Crippen LogP contribution in [-0.2, 0) is 0 Å². The maximum Gasteiger partial charge on any atom is 0.319 e. The smallest absolute Gasteiger partial charge is 0.319 e. The number of nitrogens with one attached hydrogen (secondary N) is 2. The van der Waals surface area contributed by atoms with Crippen LogP contribution in [0.15, 0.2) is 48.7 Å². The molecule has 0 aliphatic rings. The SMILES string of the molecule is CC(C)C(NC(=O)Nc1ccnc(C(=O)N(C)C)c1)c1ccccc1. The number of aromatic nitrogens is 1. The van der Waals surface area contributed by atoms with E-state index in [2.05, 4.69) is 29.5 Å². The summed E-state index contributed by atoms with van der Waals surface area (Å²) in [6.45, 7) is 4.11. The van der Waals surface area contributed by atoms with Crippen molar-refractivity contribution in [3.8, 4) is 0 Å². The van der Waals surface area contributed by atoms with E-state index < -0.39 is 0 Å². The second-order valence-electron chi connectivity index (χ2n) is 6.36. The normalized spacial score (nSPS) is 11.7. The van der Waals surface area contributed by atoms with Crippen molar-refractivity contribution in [1.29, 1.82) is 0 Å². The molecule has 25 heavy (non-hydrogen) atoms. The second-order valence-corrected chi connectivity index (χ2v) is 6.36. The van der Waals surface area contributed by atoms with E-state index in [1.54, 1.807) is 26.2 Å². The van der Waals surface area contributed by atoms with Gasteiger partial charge in [0.25, 0.3) is 5.91 Å². The molecule has 1 atom stereocenters. The van der Waals surface area contributed by atoms with Gasteiger partial charge in [-0.25, -0.2) is 4.79 Å². The lowest BCUT2D eigenvalue weighted by atomic mass is 9.96. The number of hydrogen-bond donors (Lipinski definition) is 2. The molecular formula is C19H24N4O2. The van der Waals surface area contributed by atoms with Gasteiger partial charge in [0, 0.05) is 26.0 Å². The predicted octanol–water partition coefficient (Wildman–Crippen LogP) is 3.30. The maximum absolute atomic E-state index is 12.4. The fourth-order valence-electron chi connectivity index (χ4n) is 2.46. The molecule has 1 aromatic heterocycles. The molecule has 0 radical (unpaired) electrons. The molecule has 0 fully saturated rings. The molecule has 0 spiro atoms. The number of hydrogen-bond acceptors (Lipinski definition) is 3. The van der Waals surface area contributed by atoms with Gasteiger partial charge in [-0.15, -0.1) is 0 Å². The molecule has 1 unspecified atom stereocenters. The summed E-state index contributed by atoms with van der Waals surface area (Å²) in [5.41, 5.74) is 1.85. The van der Waals surface area contributed by atoms with Crippen molar-refractivity contribution in [2.24, 2.45) is 5.92 Å². The van der Waals surface area contributed by atoms with Gasteiger partial charge < -0.3 is 15.5 Å². The van der Waals surface area contributed by atoms with Crippen molar-refractivity contribution in [1.82, 2.24) is 15.2 Å². The van der Waals surface area contributed by atoms with Crippen molar-refractivity contribution in [2.45, 2.75) is 19.9 Å². The van der Waals surface area contributed by atoms with E-state index in [9.17, 15) is 9.59 Å². The Balaban J connectivity index is 2.09. The van der Waals surface area contributed by atoms with Crippen molar-refractivity contribution in [2.75, 3.05) is 19.4 Å². The fourth-order valence-corrected chi connectivity index (χ4v) is 2.46. The predicted molar refractivity (Wildman–Crippen MR) is 98.4 cm³/mol. The molecule has 0 saturated heterocycles. The lowest BCUT2D eigenvalue weighted by molar-refractivity contribution is 0.0822. The Labute approximate surface area is 148 Å². The van der Waals surface area contributed by atoms with E-state index in [1.807, 2.05) is 30.3 Å². The first-order valence-corrected chi connectivity index (χ1v) is 8.18. The molecule has 2 rings (SSSR count). The summed E-state index contributed by atoms with van der Waals surface area (Å²) < 4.78 is 0. The average Bonchev–Trinajstić information content (AvgIpc) is 2.59. The third-order valence-corrected chi connectivity index (χ3v) is 3.76. The minimum absolute atomic E-state index is 0.106. The fraction of sp³-hybridized carbons (Fsp3) is 0.316. The van der Waals surface area contributed by atoms with Crippen LogP contribution in [-0.4, -0.2) is 35.9 Å². The molecule has 1 heterocycles. The number of urea groups is 1. The molecule has 1 aromatic carbocycles. The van der Waals surface area contributed by atoms with E-state index in [0.29, 0.717) is 5.69 Å². The van der Waals surface area contributed by atoms with Crippen LogP contribution in [0.5, 0.6) is 0 Å². The number of nitrogens with zero attached hydrogens (tertiary/aromatic N) is 2. The Bertz CT molecular complexity index is 729. The van der Waals surface area contributed by atoms with Crippen LogP contribution < -0.4 is 10.6 Å². The van der Waals surface area contributed by atoms with Crippen molar-refractivity contribution >= 4 is 17.6 Å². The maximum atomic E-state index is 12.4. The Morgan fingerprint density at radius 1 is 1.08 bits per heavy atom. The lowest BCUT2D eigenvalue weighted by Gasteiger charge is -2.23. The zero-order valence-corrected chi connectivity index (χ0v) is 15.0. The first-order chi connectivity index (χ1) is 11.9. The molecule has 6 heteroatoms. The molecule has 2 N–H and O–H groups in total. The molecule has 2 aromatic rings. The molecule has 0 bridgehead atoms. The minimum atomic E-state index is -0.322. The van der Waals surface area contributed by atoms with E-state index in [4.69, 9.17) is 0 Å². The highest BCUT2D eigenvalue weighted by molar-refractivity contribution is 5.95. The van der Waals surface area contributed by atoms with E-state index in [1.165, 1.54) is 11.1 Å². The van der Waals surface area contributed by atoms with Crippen LogP contribution >= 0.6 is 0 Å². The van der Waals surface area contributed by atoms with Crippen LogP contribution in [0.3, 0.4) is 0 Å². The number of rotatable bonds is 5. The zero-order valence-electron chi connectivity index (χ0n) is 15.0. The van der Waals surface area contributed by atoms with Crippen LogP contribution in [0, 0.1) is 5.92 Å². The first kappa shape index (κ1) is 18.4. The molecule has 132 valence electrons. The molecular weight excluding hydrogens is 316 g/mol. The van der Waals surface area contributed by atoms with Gasteiger partial charge in [-0.3, -0.25) is 9.78 Å². The summed E-state index contributed by atoms with van der Waals surface area (Å²) in [7, 11) is 3.31. The van der Waals surface area contributed by atoms with Crippen molar-refractivity contribution in [3.63, 3.8) is 0 Å². The topological polar surface area (TPSA) is 74.3 Å². The number of pyridine rings is 1. The summed E-state index contributed by atoms with van der Waals surface area (Å²) in [6, 6.07) is 12.6. The summed E-state index contributed by atoms with van der Waals surface area (Å²) in [5.74, 6) is 0.0184. The highest BCUT2D eigenvalue weighted by Crippen LogP contribution is 2.21. The van der Waals surface area contributed by atoms with Crippen LogP contribution in [0.4, 0.5) is 10.5 Å². The first-order valence-electron chi connectivity index (χ1n) is 8.18. The minimum Gasteiger partial charge on any atom is -0.343 e. The third kappa shape index (κ3) is 5.04. The van der Waals surface area contributed by atoms with Gasteiger partial charge in [0.15, 0.2) is 0 Å². The van der Waals surface area contributed by atoms with Gasteiger partial charge in [-0.1, -0.05) is 44.2 Å². The van der Waals surface area contributed by atoms with Gasteiger partial charge in [0.05, 0.1) is 6.04 Å². The standard InChI is InChI=1S/C19H24N4O2/c1-13(2)17(14-8-6-5-7-9-14)22-19(25)21-15-10-11-20-16(12-15)18(24)23(3)4/h5-13,17H,1-4H3,(H2,20,21,22,25). The summed E-state index contributed by atoms with van der Waals surface area (Å²) in [6.07, 6.45) is 1.50. The van der Waals surface area contributed by atoms with Crippen LogP contribution in [0.2, 0.25) is 0 Å². The molecule has 0 aliphatic carbocycles. The van der Waals surface area contributed by atoms with E-state index in [0.717, 1.165) is 5.56 Å². The highest BCUT2D eigenvalue weighted by atomic mass is 16.2. The monoisotopic (exact) mass is 340 g/mol. The van der Waals surface area contributed by atoms with Gasteiger partial charge in [0.1, 0.15) is 5.69 Å². The quantitative estimate of drug-likeness (QED) is 0.877. The Morgan fingerprint density at radius 3 is 2.36 bits per heavy atom. The Hall–Kier alpha value is -2.89. The average molecular weight is 340 g/mol. The number of benzene rings is 1. The van der Waals surface area contributed by atoms with Crippen LogP contribution in [0.25, 0.3) is 0 Å². The van der Waals surface area contributed by atoms with E-state index in [-0.39, 0.29) is 29.6 Å².